The molecule has 2 saturated heterocycles. The number of phenols is 1. The lowest BCUT2D eigenvalue weighted by Crippen LogP contribution is -2.46. The topological polar surface area (TPSA) is 130 Å². The molecular weight excluding hydrogens is 458 g/mol. The molecule has 0 aromatic heterocycles. The third kappa shape index (κ3) is 4.18. The number of rotatable bonds is 4. The van der Waals surface area contributed by atoms with Crippen molar-refractivity contribution in [1.29, 1.82) is 0 Å². The third-order valence-corrected chi connectivity index (χ3v) is 5.62. The van der Waals surface area contributed by atoms with Gasteiger partial charge in [-0.15, -0.1) is 0 Å². The minimum absolute atomic E-state index is 0.00563. The Kier molecular flexibility index (Phi) is 6.01. The molecule has 0 aliphatic carbocycles. The van der Waals surface area contributed by atoms with Crippen molar-refractivity contribution in [2.75, 3.05) is 32.8 Å². The molecule has 28 heavy (non-hydrogen) atoms. The van der Waals surface area contributed by atoms with E-state index in [9.17, 15) is 29.6 Å². The van der Waals surface area contributed by atoms with Crippen molar-refractivity contribution >= 4 is 56.5 Å². The van der Waals surface area contributed by atoms with E-state index < -0.39 is 22.6 Å². The summed E-state index contributed by atoms with van der Waals surface area (Å²) in [6, 6.07) is 2.21. The quantitative estimate of drug-likeness (QED) is 0.400. The zero-order chi connectivity index (χ0) is 20.4. The molecule has 2 aliphatic heterocycles. The molecule has 0 spiro atoms. The van der Waals surface area contributed by atoms with Crippen LogP contribution in [0.1, 0.15) is 5.56 Å². The van der Waals surface area contributed by atoms with Gasteiger partial charge in [-0.1, -0.05) is 0 Å². The molecule has 0 saturated carbocycles. The minimum Gasteiger partial charge on any atom is -0.506 e. The van der Waals surface area contributed by atoms with Gasteiger partial charge in [0.05, 0.1) is 27.5 Å². The van der Waals surface area contributed by atoms with Crippen molar-refractivity contribution in [3.63, 3.8) is 0 Å². The molecule has 1 aromatic rings. The number of ether oxygens (including phenoxy) is 1. The van der Waals surface area contributed by atoms with Gasteiger partial charge in [-0.3, -0.25) is 29.4 Å². The maximum absolute atomic E-state index is 12.5. The van der Waals surface area contributed by atoms with Crippen molar-refractivity contribution in [3.8, 4) is 5.75 Å². The number of halogens is 1. The molecule has 2 heterocycles. The molecule has 10 nitrogen and oxygen atoms in total. The summed E-state index contributed by atoms with van der Waals surface area (Å²) in [4.78, 5) is 49.7. The minimum atomic E-state index is -0.696. The first-order valence-corrected chi connectivity index (χ1v) is 9.66. The second kappa shape index (κ2) is 8.29. The van der Waals surface area contributed by atoms with E-state index in [2.05, 4.69) is 15.9 Å². The number of hydrogen-bond acceptors (Lipinski definition) is 8. The van der Waals surface area contributed by atoms with Crippen LogP contribution in [0.2, 0.25) is 0 Å². The Morgan fingerprint density at radius 3 is 2.68 bits per heavy atom. The summed E-state index contributed by atoms with van der Waals surface area (Å²) >= 11 is 3.62. The van der Waals surface area contributed by atoms with Crippen LogP contribution in [0, 0.1) is 10.1 Å². The standard InChI is InChI=1S/C16H14BrN3O7S/c17-11-7-10(20(25)26)5-9(14(11)22)6-12-15(23)19(16(24)28-12)8-13(21)18-1-3-27-4-2-18/h5-7,22H,1-4,8H2/b12-6+. The first-order valence-electron chi connectivity index (χ1n) is 8.05. The predicted molar refractivity (Wildman–Crippen MR) is 103 cm³/mol. The Hall–Kier alpha value is -2.44. The maximum Gasteiger partial charge on any atom is 0.294 e. The summed E-state index contributed by atoms with van der Waals surface area (Å²) in [5.74, 6) is -1.37. The Balaban J connectivity index is 1.81. The number of morpholine rings is 1. The van der Waals surface area contributed by atoms with Gasteiger partial charge in [0.25, 0.3) is 16.8 Å². The molecule has 3 amide bonds. The van der Waals surface area contributed by atoms with Gasteiger partial charge >= 0.3 is 0 Å². The van der Waals surface area contributed by atoms with E-state index in [-0.39, 0.29) is 32.3 Å². The van der Waals surface area contributed by atoms with Gasteiger partial charge in [-0.25, -0.2) is 0 Å². The van der Waals surface area contributed by atoms with Gasteiger partial charge in [0, 0.05) is 30.8 Å². The Morgan fingerprint density at radius 2 is 2.04 bits per heavy atom. The fourth-order valence-electron chi connectivity index (χ4n) is 2.65. The zero-order valence-electron chi connectivity index (χ0n) is 14.3. The number of aromatic hydroxyl groups is 1. The molecule has 2 aliphatic rings. The highest BCUT2D eigenvalue weighted by atomic mass is 79.9. The Bertz CT molecular complexity index is 898. The second-order valence-electron chi connectivity index (χ2n) is 5.88. The van der Waals surface area contributed by atoms with Crippen LogP contribution in [0.25, 0.3) is 6.08 Å². The third-order valence-electron chi connectivity index (χ3n) is 4.11. The number of benzene rings is 1. The normalized spacial score (nSPS) is 18.8. The smallest absolute Gasteiger partial charge is 0.294 e. The Labute approximate surface area is 171 Å². The van der Waals surface area contributed by atoms with Crippen LogP contribution >= 0.6 is 27.7 Å². The number of nitro benzene ring substituents is 1. The van der Waals surface area contributed by atoms with E-state index in [1.165, 1.54) is 11.0 Å². The number of carbonyl (C=O) groups excluding carboxylic acids is 3. The van der Waals surface area contributed by atoms with Gasteiger partial charge in [0.2, 0.25) is 5.91 Å². The molecule has 2 fully saturated rings. The molecule has 0 radical (unpaired) electrons. The predicted octanol–water partition coefficient (Wildman–Crippen LogP) is 1.96. The summed E-state index contributed by atoms with van der Waals surface area (Å²) in [5, 5.41) is 20.5. The summed E-state index contributed by atoms with van der Waals surface area (Å²) < 4.78 is 5.24. The fraction of sp³-hybridized carbons (Fsp3) is 0.312. The number of imide groups is 1. The van der Waals surface area contributed by atoms with Crippen LogP contribution in [0.15, 0.2) is 21.5 Å². The number of nitro groups is 1. The van der Waals surface area contributed by atoms with Gasteiger partial charge in [0.1, 0.15) is 12.3 Å². The molecular formula is C16H14BrN3O7S. The van der Waals surface area contributed by atoms with Crippen molar-refractivity contribution in [3.05, 3.63) is 37.2 Å². The molecule has 0 bridgehead atoms. The summed E-state index contributed by atoms with van der Waals surface area (Å²) in [6.45, 7) is 1.18. The van der Waals surface area contributed by atoms with Crippen molar-refractivity contribution in [2.45, 2.75) is 0 Å². The highest BCUT2D eigenvalue weighted by Gasteiger charge is 2.37. The van der Waals surface area contributed by atoms with Crippen LogP contribution in [0.4, 0.5) is 10.5 Å². The first kappa shape index (κ1) is 20.3. The molecule has 148 valence electrons. The first-order chi connectivity index (χ1) is 13.3. The lowest BCUT2D eigenvalue weighted by Gasteiger charge is -2.28. The Morgan fingerprint density at radius 1 is 1.36 bits per heavy atom. The van der Waals surface area contributed by atoms with Crippen LogP contribution in [0.3, 0.4) is 0 Å². The average Bonchev–Trinajstić information content (AvgIpc) is 2.93. The lowest BCUT2D eigenvalue weighted by molar-refractivity contribution is -0.385. The number of hydrogen-bond donors (Lipinski definition) is 1. The molecule has 3 rings (SSSR count). The van der Waals surface area contributed by atoms with E-state index >= 15 is 0 Å². The van der Waals surface area contributed by atoms with Gasteiger partial charge in [-0.2, -0.15) is 0 Å². The van der Waals surface area contributed by atoms with Crippen molar-refractivity contribution < 1.29 is 29.2 Å². The van der Waals surface area contributed by atoms with Crippen LogP contribution < -0.4 is 0 Å². The number of thioether (sulfide) groups is 1. The van der Waals surface area contributed by atoms with Crippen LogP contribution in [-0.4, -0.2) is 69.7 Å². The number of phenolic OH excluding ortho intramolecular Hbond substituents is 1. The molecule has 1 N–H and O–H groups in total. The summed E-state index contributed by atoms with van der Waals surface area (Å²) in [6.07, 6.45) is 1.19. The molecule has 1 aromatic carbocycles. The maximum atomic E-state index is 12.5. The van der Waals surface area contributed by atoms with Gasteiger partial charge in [-0.05, 0) is 33.8 Å². The van der Waals surface area contributed by atoms with E-state index in [1.807, 2.05) is 0 Å². The average molecular weight is 472 g/mol. The zero-order valence-corrected chi connectivity index (χ0v) is 16.7. The number of nitrogens with zero attached hydrogens (tertiary/aromatic N) is 3. The number of non-ortho nitro benzene ring substituents is 1. The largest absolute Gasteiger partial charge is 0.506 e. The van der Waals surface area contributed by atoms with Crippen LogP contribution in [0.5, 0.6) is 5.75 Å². The van der Waals surface area contributed by atoms with Crippen molar-refractivity contribution in [1.82, 2.24) is 9.80 Å². The molecule has 12 heteroatoms. The monoisotopic (exact) mass is 471 g/mol. The fourth-order valence-corrected chi connectivity index (χ4v) is 3.94. The molecule has 0 unspecified atom stereocenters. The van der Waals surface area contributed by atoms with Gasteiger partial charge in [0.15, 0.2) is 0 Å². The second-order valence-corrected chi connectivity index (χ2v) is 7.73. The highest BCUT2D eigenvalue weighted by molar-refractivity contribution is 9.10. The SMILES string of the molecule is O=C(CN1C(=O)S/C(=C/c2cc([N+](=O)[O-])cc(Br)c2O)C1=O)N1CCOCC1. The summed E-state index contributed by atoms with van der Waals surface area (Å²) in [5.41, 5.74) is -0.288. The number of amides is 3. The van der Waals surface area contributed by atoms with E-state index in [0.717, 1.165) is 17.0 Å². The van der Waals surface area contributed by atoms with Crippen molar-refractivity contribution in [2.24, 2.45) is 0 Å². The highest BCUT2D eigenvalue weighted by Crippen LogP contribution is 2.38. The van der Waals surface area contributed by atoms with E-state index in [1.54, 1.807) is 0 Å². The number of carbonyl (C=O) groups is 3. The summed E-state index contributed by atoms with van der Waals surface area (Å²) in [7, 11) is 0. The molecule has 0 atom stereocenters. The van der Waals surface area contributed by atoms with E-state index in [4.69, 9.17) is 4.74 Å². The van der Waals surface area contributed by atoms with Crippen LogP contribution in [-0.2, 0) is 14.3 Å². The van der Waals surface area contributed by atoms with Gasteiger partial charge < -0.3 is 14.7 Å². The van der Waals surface area contributed by atoms with E-state index in [0.29, 0.717) is 38.1 Å². The lowest BCUT2D eigenvalue weighted by atomic mass is 10.1.